The van der Waals surface area contributed by atoms with E-state index < -0.39 is 0 Å². The van der Waals surface area contributed by atoms with Crippen LogP contribution in [0.2, 0.25) is 0 Å². The molecule has 1 unspecified atom stereocenters. The first-order valence-electron chi connectivity index (χ1n) is 8.53. The third-order valence-corrected chi connectivity index (χ3v) is 4.64. The highest BCUT2D eigenvalue weighted by Crippen LogP contribution is 2.26. The first-order chi connectivity index (χ1) is 12.1. The fourth-order valence-corrected chi connectivity index (χ4v) is 3.18. The highest BCUT2D eigenvalue weighted by Gasteiger charge is 2.18. The van der Waals surface area contributed by atoms with Crippen molar-refractivity contribution in [3.8, 4) is 5.75 Å². The number of ether oxygens (including phenoxy) is 1. The molecular formula is C20H24ClFN2O2. The molecule has 0 saturated carbocycles. The van der Waals surface area contributed by atoms with E-state index in [9.17, 15) is 9.18 Å². The van der Waals surface area contributed by atoms with Crippen LogP contribution < -0.4 is 15.4 Å². The lowest BCUT2D eigenvalue weighted by Gasteiger charge is -2.20. The summed E-state index contributed by atoms with van der Waals surface area (Å²) in [7, 11) is 1.62. The number of rotatable bonds is 5. The van der Waals surface area contributed by atoms with Crippen molar-refractivity contribution in [1.82, 2.24) is 5.32 Å². The number of anilines is 1. The zero-order valence-corrected chi connectivity index (χ0v) is 15.8. The summed E-state index contributed by atoms with van der Waals surface area (Å²) in [5.41, 5.74) is 2.96. The molecule has 26 heavy (non-hydrogen) atoms. The third-order valence-electron chi connectivity index (χ3n) is 4.64. The van der Waals surface area contributed by atoms with Gasteiger partial charge in [0.05, 0.1) is 12.8 Å². The van der Waals surface area contributed by atoms with Crippen molar-refractivity contribution < 1.29 is 13.9 Å². The first kappa shape index (κ1) is 20.2. The van der Waals surface area contributed by atoms with Crippen LogP contribution in [0.5, 0.6) is 5.75 Å². The molecule has 2 N–H and O–H groups in total. The number of amides is 1. The summed E-state index contributed by atoms with van der Waals surface area (Å²) in [4.78, 5) is 12.3. The molecular weight excluding hydrogens is 355 g/mol. The number of fused-ring (bicyclic) bond motifs is 1. The zero-order valence-electron chi connectivity index (χ0n) is 15.0. The standard InChI is InChI=1S/C20H23FN2O2.ClH/c1-13(14-4-3-5-16(11-14)25-2)10-19(24)23-18-7-6-15-12-22-9-8-17(15)20(18)21;/h3-7,11,13,22H,8-10,12H2,1-2H3,(H,23,24);1H. The summed E-state index contributed by atoms with van der Waals surface area (Å²) in [6, 6.07) is 11.2. The number of hydrogen-bond donors (Lipinski definition) is 2. The van der Waals surface area contributed by atoms with Gasteiger partial charge >= 0.3 is 0 Å². The van der Waals surface area contributed by atoms with E-state index in [4.69, 9.17) is 4.74 Å². The van der Waals surface area contributed by atoms with Crippen molar-refractivity contribution in [2.45, 2.75) is 32.2 Å². The molecule has 0 spiro atoms. The Labute approximate surface area is 159 Å². The van der Waals surface area contributed by atoms with E-state index >= 15 is 0 Å². The molecule has 0 aromatic heterocycles. The summed E-state index contributed by atoms with van der Waals surface area (Å²) in [6.07, 6.45) is 0.927. The lowest BCUT2D eigenvalue weighted by Crippen LogP contribution is -2.25. The maximum Gasteiger partial charge on any atom is 0.225 e. The van der Waals surface area contributed by atoms with Crippen molar-refractivity contribution in [1.29, 1.82) is 0 Å². The maximum atomic E-state index is 14.6. The number of nitrogens with one attached hydrogen (secondary N) is 2. The second-order valence-corrected chi connectivity index (χ2v) is 6.42. The van der Waals surface area contributed by atoms with Crippen LogP contribution in [-0.4, -0.2) is 19.6 Å². The van der Waals surface area contributed by atoms with E-state index in [0.717, 1.165) is 23.4 Å². The van der Waals surface area contributed by atoms with Crippen molar-refractivity contribution in [2.75, 3.05) is 19.0 Å². The smallest absolute Gasteiger partial charge is 0.225 e. The number of halogens is 2. The van der Waals surface area contributed by atoms with Crippen molar-refractivity contribution in [3.05, 3.63) is 58.9 Å². The molecule has 1 atom stereocenters. The second-order valence-electron chi connectivity index (χ2n) is 6.42. The first-order valence-corrected chi connectivity index (χ1v) is 8.53. The van der Waals surface area contributed by atoms with E-state index in [2.05, 4.69) is 10.6 Å². The molecule has 1 heterocycles. The van der Waals surface area contributed by atoms with Crippen LogP contribution in [0.1, 0.15) is 36.0 Å². The van der Waals surface area contributed by atoms with Gasteiger partial charge in [-0.3, -0.25) is 4.79 Å². The van der Waals surface area contributed by atoms with Crippen LogP contribution in [0.15, 0.2) is 36.4 Å². The number of methoxy groups -OCH3 is 1. The minimum absolute atomic E-state index is 0. The number of carbonyl (C=O) groups is 1. The largest absolute Gasteiger partial charge is 0.497 e. The Morgan fingerprint density at radius 3 is 2.92 bits per heavy atom. The van der Waals surface area contributed by atoms with Gasteiger partial charge in [-0.1, -0.05) is 25.1 Å². The summed E-state index contributed by atoms with van der Waals surface area (Å²) < 4.78 is 19.8. The average molecular weight is 379 g/mol. The third kappa shape index (κ3) is 4.54. The van der Waals surface area contributed by atoms with Gasteiger partial charge in [-0.15, -0.1) is 12.4 Å². The van der Waals surface area contributed by atoms with Crippen LogP contribution >= 0.6 is 12.4 Å². The van der Waals surface area contributed by atoms with E-state index in [1.165, 1.54) is 0 Å². The Balaban J connectivity index is 0.00000243. The van der Waals surface area contributed by atoms with Crippen LogP contribution in [0, 0.1) is 5.82 Å². The SMILES string of the molecule is COc1cccc(C(C)CC(=O)Nc2ccc3c(c2F)CCNC3)c1.Cl. The lowest BCUT2D eigenvalue weighted by molar-refractivity contribution is -0.116. The van der Waals surface area contributed by atoms with Crippen LogP contribution in [0.3, 0.4) is 0 Å². The fraction of sp³-hybridized carbons (Fsp3) is 0.350. The van der Waals surface area contributed by atoms with E-state index in [1.807, 2.05) is 37.3 Å². The lowest BCUT2D eigenvalue weighted by atomic mass is 9.96. The Morgan fingerprint density at radius 2 is 2.15 bits per heavy atom. The fourth-order valence-electron chi connectivity index (χ4n) is 3.18. The van der Waals surface area contributed by atoms with Gasteiger partial charge in [0.2, 0.25) is 5.91 Å². The maximum absolute atomic E-state index is 14.6. The Morgan fingerprint density at radius 1 is 1.35 bits per heavy atom. The Bertz CT molecular complexity index is 782. The Hall–Kier alpha value is -2.11. The van der Waals surface area contributed by atoms with Crippen molar-refractivity contribution in [3.63, 3.8) is 0 Å². The number of hydrogen-bond acceptors (Lipinski definition) is 3. The summed E-state index contributed by atoms with van der Waals surface area (Å²) in [6.45, 7) is 3.41. The van der Waals surface area contributed by atoms with Crippen LogP contribution in [-0.2, 0) is 17.8 Å². The predicted molar refractivity (Wildman–Crippen MR) is 104 cm³/mol. The molecule has 0 aliphatic carbocycles. The topological polar surface area (TPSA) is 50.4 Å². The van der Waals surface area contributed by atoms with E-state index in [0.29, 0.717) is 18.5 Å². The molecule has 2 aromatic rings. The molecule has 1 amide bonds. The molecule has 4 nitrogen and oxygen atoms in total. The monoisotopic (exact) mass is 378 g/mol. The van der Waals surface area contributed by atoms with Crippen LogP contribution in [0.4, 0.5) is 10.1 Å². The average Bonchev–Trinajstić information content (AvgIpc) is 2.64. The van der Waals surface area contributed by atoms with Gasteiger partial charge in [0.1, 0.15) is 11.6 Å². The molecule has 3 rings (SSSR count). The molecule has 2 aromatic carbocycles. The zero-order chi connectivity index (χ0) is 17.8. The molecule has 0 bridgehead atoms. The van der Waals surface area contributed by atoms with Gasteiger partial charge in [0, 0.05) is 13.0 Å². The number of carbonyl (C=O) groups excluding carboxylic acids is 1. The van der Waals surface area contributed by atoms with E-state index in [-0.39, 0.29) is 42.2 Å². The summed E-state index contributed by atoms with van der Waals surface area (Å²) in [5.74, 6) is 0.281. The van der Waals surface area contributed by atoms with Gasteiger partial charge in [0.25, 0.3) is 0 Å². The van der Waals surface area contributed by atoms with Crippen molar-refractivity contribution in [2.24, 2.45) is 0 Å². The van der Waals surface area contributed by atoms with Gasteiger partial charge in [-0.2, -0.15) is 0 Å². The van der Waals surface area contributed by atoms with Gasteiger partial charge in [-0.05, 0) is 53.8 Å². The summed E-state index contributed by atoms with van der Waals surface area (Å²) in [5, 5.41) is 5.94. The quantitative estimate of drug-likeness (QED) is 0.825. The predicted octanol–water partition coefficient (Wildman–Crippen LogP) is 4.03. The van der Waals surface area contributed by atoms with Gasteiger partial charge in [0.15, 0.2) is 0 Å². The molecule has 6 heteroatoms. The minimum atomic E-state index is -0.304. The van der Waals surface area contributed by atoms with Crippen molar-refractivity contribution >= 4 is 24.0 Å². The molecule has 0 fully saturated rings. The highest BCUT2D eigenvalue weighted by atomic mass is 35.5. The molecule has 1 aliphatic rings. The summed E-state index contributed by atoms with van der Waals surface area (Å²) >= 11 is 0. The normalized spacial score (nSPS) is 14.0. The van der Waals surface area contributed by atoms with Gasteiger partial charge < -0.3 is 15.4 Å². The molecule has 1 aliphatic heterocycles. The minimum Gasteiger partial charge on any atom is -0.497 e. The highest BCUT2D eigenvalue weighted by molar-refractivity contribution is 5.91. The second kappa shape index (κ2) is 9.01. The van der Waals surface area contributed by atoms with E-state index in [1.54, 1.807) is 13.2 Å². The Kier molecular flexibility index (Phi) is 7.00. The molecule has 0 radical (unpaired) electrons. The molecule has 0 saturated heterocycles. The van der Waals surface area contributed by atoms with Gasteiger partial charge in [-0.25, -0.2) is 4.39 Å². The molecule has 140 valence electrons. The number of benzene rings is 2. The van der Waals surface area contributed by atoms with Crippen LogP contribution in [0.25, 0.3) is 0 Å².